The van der Waals surface area contributed by atoms with E-state index in [0.717, 1.165) is 29.0 Å². The highest BCUT2D eigenvalue weighted by Crippen LogP contribution is 2.32. The minimum absolute atomic E-state index is 0.173. The van der Waals surface area contributed by atoms with Crippen LogP contribution in [-0.2, 0) is 18.6 Å². The van der Waals surface area contributed by atoms with Crippen molar-refractivity contribution >= 4 is 28.9 Å². The predicted octanol–water partition coefficient (Wildman–Crippen LogP) is 4.33. The summed E-state index contributed by atoms with van der Waals surface area (Å²) in [5.41, 5.74) is 3.46. The van der Waals surface area contributed by atoms with Crippen molar-refractivity contribution in [3.8, 4) is 0 Å². The predicted molar refractivity (Wildman–Crippen MR) is 83.4 cm³/mol. The summed E-state index contributed by atoms with van der Waals surface area (Å²) >= 11 is 3.64. The summed E-state index contributed by atoms with van der Waals surface area (Å²) in [5.74, 6) is 2.42. The van der Waals surface area contributed by atoms with E-state index >= 15 is 0 Å². The number of carbonyl (C=O) groups is 1. The van der Waals surface area contributed by atoms with Gasteiger partial charge in [-0.2, -0.15) is 11.8 Å². The normalized spacial score (nSPS) is 14.2. The molecule has 1 aromatic carbocycles. The van der Waals surface area contributed by atoms with Gasteiger partial charge >= 0.3 is 0 Å². The molecule has 19 heavy (non-hydrogen) atoms. The molecule has 1 nitrogen and oxygen atoms in total. The first-order valence-corrected chi connectivity index (χ1v) is 8.58. The Bertz CT molecular complexity index is 572. The lowest BCUT2D eigenvalue weighted by atomic mass is 10.1. The van der Waals surface area contributed by atoms with Gasteiger partial charge in [-0.3, -0.25) is 4.79 Å². The lowest BCUT2D eigenvalue weighted by Crippen LogP contribution is -1.98. The van der Waals surface area contributed by atoms with E-state index in [1.54, 1.807) is 11.3 Å². The van der Waals surface area contributed by atoms with Crippen LogP contribution in [0.15, 0.2) is 30.3 Å². The van der Waals surface area contributed by atoms with Gasteiger partial charge in [0.25, 0.3) is 0 Å². The number of thiophene rings is 1. The van der Waals surface area contributed by atoms with E-state index in [1.807, 2.05) is 23.9 Å². The zero-order chi connectivity index (χ0) is 13.2. The molecule has 3 rings (SSSR count). The maximum absolute atomic E-state index is 12.5. The molecule has 0 saturated carbocycles. The third kappa shape index (κ3) is 2.63. The molecule has 0 N–H and O–H groups in total. The Morgan fingerprint density at radius 1 is 1.26 bits per heavy atom. The third-order valence-electron chi connectivity index (χ3n) is 3.48. The molecule has 0 unspecified atom stereocenters. The van der Waals surface area contributed by atoms with Crippen molar-refractivity contribution in [3.63, 3.8) is 0 Å². The number of carbonyl (C=O) groups excluding carboxylic acids is 1. The molecule has 2 aromatic rings. The molecule has 0 aliphatic carbocycles. The van der Waals surface area contributed by atoms with Crippen LogP contribution in [0, 0.1) is 0 Å². The molecule has 0 radical (unpaired) electrons. The van der Waals surface area contributed by atoms with Gasteiger partial charge in [0.2, 0.25) is 5.78 Å². The highest BCUT2D eigenvalue weighted by atomic mass is 32.2. The third-order valence-corrected chi connectivity index (χ3v) is 5.72. The van der Waals surface area contributed by atoms with Gasteiger partial charge in [0, 0.05) is 16.2 Å². The zero-order valence-electron chi connectivity index (χ0n) is 10.9. The van der Waals surface area contributed by atoms with Crippen molar-refractivity contribution in [1.29, 1.82) is 0 Å². The zero-order valence-corrected chi connectivity index (χ0v) is 12.6. The maximum Gasteiger partial charge on any atom is 0.202 e. The summed E-state index contributed by atoms with van der Waals surface area (Å²) in [6.07, 6.45) is 2.13. The van der Waals surface area contributed by atoms with Crippen molar-refractivity contribution in [2.24, 2.45) is 0 Å². The van der Waals surface area contributed by atoms with Crippen LogP contribution in [0.3, 0.4) is 0 Å². The standard InChI is InChI=1S/C16H16OS2/c1-2-11-3-5-12(6-4-11)16(17)15-9-13-10-18-8-7-14(13)19-15/h3-6,9H,2,7-8,10H2,1H3. The van der Waals surface area contributed by atoms with Crippen molar-refractivity contribution in [1.82, 2.24) is 0 Å². The quantitative estimate of drug-likeness (QED) is 0.782. The van der Waals surface area contributed by atoms with Gasteiger partial charge in [0.1, 0.15) is 0 Å². The lowest BCUT2D eigenvalue weighted by Gasteiger charge is -2.08. The van der Waals surface area contributed by atoms with Crippen LogP contribution in [0.4, 0.5) is 0 Å². The molecule has 0 amide bonds. The van der Waals surface area contributed by atoms with Crippen LogP contribution in [0.2, 0.25) is 0 Å². The Balaban J connectivity index is 1.88. The fourth-order valence-corrected chi connectivity index (χ4v) is 4.63. The highest BCUT2D eigenvalue weighted by molar-refractivity contribution is 7.98. The molecular weight excluding hydrogens is 272 g/mol. The van der Waals surface area contributed by atoms with Crippen molar-refractivity contribution in [3.05, 3.63) is 56.8 Å². The lowest BCUT2D eigenvalue weighted by molar-refractivity contribution is 0.104. The second-order valence-electron chi connectivity index (χ2n) is 4.74. The van der Waals surface area contributed by atoms with E-state index in [2.05, 4.69) is 25.1 Å². The monoisotopic (exact) mass is 288 g/mol. The van der Waals surface area contributed by atoms with Crippen LogP contribution < -0.4 is 0 Å². The first kappa shape index (κ1) is 12.9. The molecule has 0 bridgehead atoms. The fraction of sp³-hybridized carbons (Fsp3) is 0.312. The van der Waals surface area contributed by atoms with Crippen LogP contribution in [0.5, 0.6) is 0 Å². The van der Waals surface area contributed by atoms with E-state index in [-0.39, 0.29) is 5.78 Å². The second kappa shape index (κ2) is 5.51. The summed E-state index contributed by atoms with van der Waals surface area (Å²) in [5, 5.41) is 0. The van der Waals surface area contributed by atoms with E-state index in [1.165, 1.54) is 21.8 Å². The van der Waals surface area contributed by atoms with Gasteiger partial charge in [-0.1, -0.05) is 31.2 Å². The summed E-state index contributed by atoms with van der Waals surface area (Å²) in [6, 6.07) is 10.1. The number of rotatable bonds is 3. The van der Waals surface area contributed by atoms with Gasteiger partial charge in [-0.15, -0.1) is 11.3 Å². The first-order valence-electron chi connectivity index (χ1n) is 6.61. The smallest absolute Gasteiger partial charge is 0.202 e. The number of hydrogen-bond acceptors (Lipinski definition) is 3. The van der Waals surface area contributed by atoms with Crippen molar-refractivity contribution in [2.75, 3.05) is 5.75 Å². The summed E-state index contributed by atoms with van der Waals surface area (Å²) in [6.45, 7) is 2.13. The number of ketones is 1. The Hall–Kier alpha value is -1.06. The van der Waals surface area contributed by atoms with E-state index < -0.39 is 0 Å². The molecule has 0 atom stereocenters. The first-order chi connectivity index (χ1) is 9.28. The van der Waals surface area contributed by atoms with E-state index in [4.69, 9.17) is 0 Å². The van der Waals surface area contributed by atoms with Crippen molar-refractivity contribution < 1.29 is 4.79 Å². The minimum Gasteiger partial charge on any atom is -0.288 e. The van der Waals surface area contributed by atoms with Gasteiger partial charge < -0.3 is 0 Å². The molecule has 98 valence electrons. The average Bonchev–Trinajstić information content (AvgIpc) is 2.90. The summed E-state index contributed by atoms with van der Waals surface area (Å²) < 4.78 is 0. The maximum atomic E-state index is 12.5. The second-order valence-corrected chi connectivity index (χ2v) is 6.98. The topological polar surface area (TPSA) is 17.1 Å². The Labute approximate surface area is 122 Å². The SMILES string of the molecule is CCc1ccc(C(=O)c2cc3c(s2)CCSC3)cc1. The van der Waals surface area contributed by atoms with Gasteiger partial charge in [0.05, 0.1) is 4.88 Å². The van der Waals surface area contributed by atoms with Gasteiger partial charge in [0.15, 0.2) is 0 Å². The molecule has 3 heteroatoms. The number of thioether (sulfide) groups is 1. The van der Waals surface area contributed by atoms with E-state index in [0.29, 0.717) is 0 Å². The summed E-state index contributed by atoms with van der Waals surface area (Å²) in [7, 11) is 0. The van der Waals surface area contributed by atoms with Gasteiger partial charge in [-0.25, -0.2) is 0 Å². The Kier molecular flexibility index (Phi) is 3.76. The number of aryl methyl sites for hydroxylation is 2. The molecule has 1 aliphatic rings. The highest BCUT2D eigenvalue weighted by Gasteiger charge is 2.18. The molecule has 2 heterocycles. The molecule has 0 saturated heterocycles. The summed E-state index contributed by atoms with van der Waals surface area (Å²) in [4.78, 5) is 14.8. The molecule has 1 aromatic heterocycles. The van der Waals surface area contributed by atoms with E-state index in [9.17, 15) is 4.79 Å². The van der Waals surface area contributed by atoms with Crippen LogP contribution in [-0.4, -0.2) is 11.5 Å². The number of hydrogen-bond donors (Lipinski definition) is 0. The van der Waals surface area contributed by atoms with Crippen LogP contribution in [0.1, 0.15) is 38.2 Å². The molecule has 1 aliphatic heterocycles. The Morgan fingerprint density at radius 3 is 2.74 bits per heavy atom. The average molecular weight is 288 g/mol. The molecular formula is C16H16OS2. The van der Waals surface area contributed by atoms with Crippen molar-refractivity contribution in [2.45, 2.75) is 25.5 Å². The largest absolute Gasteiger partial charge is 0.288 e. The number of benzene rings is 1. The molecule has 0 fully saturated rings. The Morgan fingerprint density at radius 2 is 2.05 bits per heavy atom. The van der Waals surface area contributed by atoms with Crippen LogP contribution >= 0.6 is 23.1 Å². The molecule has 0 spiro atoms. The fourth-order valence-electron chi connectivity index (χ4n) is 2.29. The van der Waals surface area contributed by atoms with Gasteiger partial charge in [-0.05, 0) is 35.8 Å². The number of fused-ring (bicyclic) bond motifs is 1. The van der Waals surface area contributed by atoms with Crippen LogP contribution in [0.25, 0.3) is 0 Å². The minimum atomic E-state index is 0.173.